The normalized spacial score (nSPS) is 11.6. The van der Waals surface area contributed by atoms with Crippen LogP contribution in [-0.2, 0) is 0 Å². The van der Waals surface area contributed by atoms with E-state index in [9.17, 15) is 0 Å². The molecule has 3 heterocycles. The van der Waals surface area contributed by atoms with Crippen molar-refractivity contribution in [2.75, 3.05) is 0 Å². The van der Waals surface area contributed by atoms with Crippen molar-refractivity contribution >= 4 is 54.3 Å². The summed E-state index contributed by atoms with van der Waals surface area (Å²) in [4.78, 5) is 19.6. The van der Waals surface area contributed by atoms with E-state index in [0.717, 1.165) is 60.5 Å². The lowest BCUT2D eigenvalue weighted by Crippen LogP contribution is -1.96. The maximum absolute atomic E-state index is 5.14. The summed E-state index contributed by atoms with van der Waals surface area (Å²) >= 11 is 0. The van der Waals surface area contributed by atoms with E-state index < -0.39 is 0 Å². The molecule has 0 radical (unpaired) electrons. The van der Waals surface area contributed by atoms with Gasteiger partial charge in [-0.25, -0.2) is 15.0 Å². The Kier molecular flexibility index (Phi) is 5.47. The minimum absolute atomic E-state index is 0.677. The molecule has 0 saturated carbocycles. The molecular weight excluding hydrogens is 536 g/mol. The van der Waals surface area contributed by atoms with E-state index in [1.807, 2.05) is 12.3 Å². The van der Waals surface area contributed by atoms with E-state index in [1.165, 1.54) is 21.7 Å². The molecular formula is C40H24N4. The van der Waals surface area contributed by atoms with E-state index in [-0.39, 0.29) is 0 Å². The molecule has 3 aromatic heterocycles. The number of para-hydroxylation sites is 1. The van der Waals surface area contributed by atoms with Gasteiger partial charge in [-0.1, -0.05) is 115 Å². The molecule has 0 aliphatic rings. The lowest BCUT2D eigenvalue weighted by molar-refractivity contribution is 1.21. The summed E-state index contributed by atoms with van der Waals surface area (Å²) < 4.78 is 0. The predicted octanol–water partition coefficient (Wildman–Crippen LogP) is 10.0. The first-order valence-electron chi connectivity index (χ1n) is 14.7. The largest absolute Gasteiger partial charge is 0.262 e. The number of hydrogen-bond acceptors (Lipinski definition) is 4. The molecule has 0 aliphatic heterocycles. The summed E-state index contributed by atoms with van der Waals surface area (Å²) in [5.74, 6) is 0.677. The number of nitrogens with zero attached hydrogens (tertiary/aromatic N) is 4. The number of rotatable bonds is 3. The second-order valence-electron chi connectivity index (χ2n) is 11.1. The zero-order chi connectivity index (χ0) is 29.0. The maximum Gasteiger partial charge on any atom is 0.160 e. The van der Waals surface area contributed by atoms with Crippen LogP contribution in [0.2, 0.25) is 0 Å². The Morgan fingerprint density at radius 1 is 0.409 bits per heavy atom. The first-order chi connectivity index (χ1) is 21.8. The van der Waals surface area contributed by atoms with Crippen molar-refractivity contribution in [2.24, 2.45) is 0 Å². The molecule has 0 amide bonds. The van der Waals surface area contributed by atoms with Crippen molar-refractivity contribution in [3.05, 3.63) is 146 Å². The lowest BCUT2D eigenvalue weighted by Gasteiger charge is -2.14. The van der Waals surface area contributed by atoms with Gasteiger partial charge in [0.1, 0.15) is 0 Å². The highest BCUT2D eigenvalue weighted by Crippen LogP contribution is 2.38. The third-order valence-electron chi connectivity index (χ3n) is 8.53. The fourth-order valence-corrected chi connectivity index (χ4v) is 6.39. The summed E-state index contributed by atoms with van der Waals surface area (Å²) in [5.41, 5.74) is 8.06. The number of hydrogen-bond donors (Lipinski definition) is 0. The zero-order valence-electron chi connectivity index (χ0n) is 23.6. The summed E-state index contributed by atoms with van der Waals surface area (Å²) in [5, 5.41) is 7.99. The van der Waals surface area contributed by atoms with Crippen LogP contribution < -0.4 is 0 Å². The van der Waals surface area contributed by atoms with E-state index in [0.29, 0.717) is 5.82 Å². The highest BCUT2D eigenvalue weighted by atomic mass is 14.9. The monoisotopic (exact) mass is 560 g/mol. The number of aromatic nitrogens is 4. The quantitative estimate of drug-likeness (QED) is 0.159. The van der Waals surface area contributed by atoms with Gasteiger partial charge in [-0.05, 0) is 39.9 Å². The SMILES string of the molecule is c1ccc2cc(-c3nc(-c4ccc(-c5c6ccccc6nc6c5ccc5ccccc56)cc4)nc4cnccc34)ccc2c1. The molecule has 0 atom stereocenters. The Morgan fingerprint density at radius 3 is 2.00 bits per heavy atom. The molecule has 0 bridgehead atoms. The first-order valence-corrected chi connectivity index (χ1v) is 14.7. The van der Waals surface area contributed by atoms with Gasteiger partial charge in [0.25, 0.3) is 0 Å². The third kappa shape index (κ3) is 3.92. The van der Waals surface area contributed by atoms with Crippen LogP contribution in [0.4, 0.5) is 0 Å². The van der Waals surface area contributed by atoms with Crippen molar-refractivity contribution in [3.63, 3.8) is 0 Å². The molecule has 6 aromatic carbocycles. The lowest BCUT2D eigenvalue weighted by atomic mass is 9.93. The second kappa shape index (κ2) is 9.79. The van der Waals surface area contributed by atoms with Crippen molar-refractivity contribution < 1.29 is 0 Å². The molecule has 0 N–H and O–H groups in total. The van der Waals surface area contributed by atoms with Crippen molar-refractivity contribution in [3.8, 4) is 33.8 Å². The minimum Gasteiger partial charge on any atom is -0.262 e. The molecule has 44 heavy (non-hydrogen) atoms. The van der Waals surface area contributed by atoms with Crippen LogP contribution in [0.1, 0.15) is 0 Å². The van der Waals surface area contributed by atoms with E-state index in [2.05, 4.69) is 132 Å². The fraction of sp³-hybridized carbons (Fsp3) is 0. The Hall–Kier alpha value is -6.00. The van der Waals surface area contributed by atoms with Crippen LogP contribution in [0.15, 0.2) is 146 Å². The molecule has 0 saturated heterocycles. The highest BCUT2D eigenvalue weighted by Gasteiger charge is 2.15. The summed E-state index contributed by atoms with van der Waals surface area (Å²) in [6.07, 6.45) is 3.62. The van der Waals surface area contributed by atoms with Crippen molar-refractivity contribution in [1.29, 1.82) is 0 Å². The van der Waals surface area contributed by atoms with Gasteiger partial charge in [0.2, 0.25) is 0 Å². The topological polar surface area (TPSA) is 51.6 Å². The van der Waals surface area contributed by atoms with Gasteiger partial charge in [-0.15, -0.1) is 0 Å². The van der Waals surface area contributed by atoms with Gasteiger partial charge < -0.3 is 0 Å². The second-order valence-corrected chi connectivity index (χ2v) is 11.1. The molecule has 9 aromatic rings. The average Bonchev–Trinajstić information content (AvgIpc) is 3.10. The molecule has 0 aliphatic carbocycles. The molecule has 204 valence electrons. The summed E-state index contributed by atoms with van der Waals surface area (Å²) in [6.45, 7) is 0. The van der Waals surface area contributed by atoms with Crippen LogP contribution in [0, 0.1) is 0 Å². The van der Waals surface area contributed by atoms with Gasteiger partial charge in [-0.2, -0.15) is 0 Å². The zero-order valence-corrected chi connectivity index (χ0v) is 23.6. The standard InChI is InChI=1S/C40H24N4/c1-2-9-29-23-30(18-13-25(29)7-1)38-33-21-22-41-24-36(33)43-40(44-38)28-16-14-27(15-17-28)37-32-11-5-6-12-35(32)42-39-31-10-4-3-8-26(31)19-20-34(37)39/h1-24H. The van der Waals surface area contributed by atoms with E-state index >= 15 is 0 Å². The van der Waals surface area contributed by atoms with Crippen LogP contribution in [-0.4, -0.2) is 19.9 Å². The van der Waals surface area contributed by atoms with Gasteiger partial charge in [-0.3, -0.25) is 4.98 Å². The predicted molar refractivity (Wildman–Crippen MR) is 181 cm³/mol. The minimum atomic E-state index is 0.677. The van der Waals surface area contributed by atoms with Crippen LogP contribution in [0.5, 0.6) is 0 Å². The van der Waals surface area contributed by atoms with Gasteiger partial charge in [0.15, 0.2) is 5.82 Å². The average molecular weight is 561 g/mol. The molecule has 4 nitrogen and oxygen atoms in total. The number of pyridine rings is 2. The fourth-order valence-electron chi connectivity index (χ4n) is 6.39. The number of fused-ring (bicyclic) bond motifs is 6. The van der Waals surface area contributed by atoms with Crippen LogP contribution >= 0.6 is 0 Å². The van der Waals surface area contributed by atoms with Crippen LogP contribution in [0.3, 0.4) is 0 Å². The van der Waals surface area contributed by atoms with Crippen LogP contribution in [0.25, 0.3) is 88.0 Å². The number of benzene rings is 6. The summed E-state index contributed by atoms with van der Waals surface area (Å²) in [7, 11) is 0. The molecule has 0 fully saturated rings. The van der Waals surface area contributed by atoms with Gasteiger partial charge >= 0.3 is 0 Å². The Morgan fingerprint density at radius 2 is 1.11 bits per heavy atom. The van der Waals surface area contributed by atoms with Crippen molar-refractivity contribution in [2.45, 2.75) is 0 Å². The van der Waals surface area contributed by atoms with Gasteiger partial charge in [0.05, 0.1) is 28.4 Å². The Labute approximate surface area is 253 Å². The van der Waals surface area contributed by atoms with E-state index in [4.69, 9.17) is 15.0 Å². The summed E-state index contributed by atoms with van der Waals surface area (Å²) in [6, 6.07) is 46.7. The molecule has 9 rings (SSSR count). The maximum atomic E-state index is 5.14. The molecule has 0 unspecified atom stereocenters. The smallest absolute Gasteiger partial charge is 0.160 e. The first kappa shape index (κ1) is 24.6. The third-order valence-corrected chi connectivity index (χ3v) is 8.53. The van der Waals surface area contributed by atoms with E-state index in [1.54, 1.807) is 6.20 Å². The molecule has 4 heteroatoms. The Bertz CT molecular complexity index is 2550. The molecule has 0 spiro atoms. The van der Waals surface area contributed by atoms with Gasteiger partial charge in [0, 0.05) is 44.4 Å². The Balaban J connectivity index is 1.22. The van der Waals surface area contributed by atoms with Crippen molar-refractivity contribution in [1.82, 2.24) is 19.9 Å². The highest BCUT2D eigenvalue weighted by molar-refractivity contribution is 6.17.